The predicted octanol–water partition coefficient (Wildman–Crippen LogP) is 2.91. The third-order valence-electron chi connectivity index (χ3n) is 5.01. The molecule has 1 saturated carbocycles. The van der Waals surface area contributed by atoms with Crippen molar-refractivity contribution in [1.29, 1.82) is 0 Å². The van der Waals surface area contributed by atoms with E-state index in [-0.39, 0.29) is 12.5 Å². The zero-order valence-electron chi connectivity index (χ0n) is 12.7. The first kappa shape index (κ1) is 15.8. The molecule has 2 aliphatic rings. The number of ether oxygens (including phenoxy) is 1. The first-order valence-electron chi connectivity index (χ1n) is 8.28. The largest absolute Gasteiger partial charge is 0.481 e. The highest BCUT2D eigenvalue weighted by Gasteiger charge is 2.31. The fraction of sp³-hybridized carbons (Fsp3) is 0.938. The van der Waals surface area contributed by atoms with Gasteiger partial charge in [-0.15, -0.1) is 0 Å². The molecule has 0 spiro atoms. The van der Waals surface area contributed by atoms with Crippen molar-refractivity contribution in [3.8, 4) is 0 Å². The molecule has 2 rings (SSSR count). The molecule has 2 atom stereocenters. The van der Waals surface area contributed by atoms with E-state index in [1.165, 1.54) is 32.1 Å². The normalized spacial score (nSPS) is 29.4. The topological polar surface area (TPSA) is 49.8 Å². The molecule has 0 amide bonds. The Morgan fingerprint density at radius 2 is 1.90 bits per heavy atom. The zero-order valence-corrected chi connectivity index (χ0v) is 12.7. The van der Waals surface area contributed by atoms with E-state index in [0.717, 1.165) is 37.9 Å². The molecule has 1 N–H and O–H groups in total. The highest BCUT2D eigenvalue weighted by molar-refractivity contribution is 5.66. The predicted molar refractivity (Wildman–Crippen MR) is 78.8 cm³/mol. The third kappa shape index (κ3) is 4.45. The molecule has 1 saturated heterocycles. The van der Waals surface area contributed by atoms with Crippen LogP contribution in [-0.4, -0.2) is 47.8 Å². The van der Waals surface area contributed by atoms with Crippen molar-refractivity contribution in [2.75, 3.05) is 19.7 Å². The molecule has 4 nitrogen and oxygen atoms in total. The molecule has 4 heteroatoms. The number of carbonyl (C=O) groups is 1. The summed E-state index contributed by atoms with van der Waals surface area (Å²) < 4.78 is 5.68. The van der Waals surface area contributed by atoms with Crippen LogP contribution in [0.15, 0.2) is 0 Å². The van der Waals surface area contributed by atoms with Crippen LogP contribution in [0, 0.1) is 5.92 Å². The number of aliphatic carboxylic acids is 1. The maximum atomic E-state index is 10.5. The van der Waals surface area contributed by atoms with Crippen LogP contribution in [0.5, 0.6) is 0 Å². The summed E-state index contributed by atoms with van der Waals surface area (Å²) in [5.41, 5.74) is 0. The van der Waals surface area contributed by atoms with Gasteiger partial charge >= 0.3 is 5.97 Å². The lowest BCUT2D eigenvalue weighted by Gasteiger charge is -2.43. The van der Waals surface area contributed by atoms with Crippen molar-refractivity contribution in [3.63, 3.8) is 0 Å². The Kier molecular flexibility index (Phi) is 6.30. The average molecular weight is 283 g/mol. The number of nitrogens with zero attached hydrogens (tertiary/aromatic N) is 1. The maximum Gasteiger partial charge on any atom is 0.305 e. The highest BCUT2D eigenvalue weighted by atomic mass is 16.5. The van der Waals surface area contributed by atoms with Gasteiger partial charge in [-0.2, -0.15) is 0 Å². The van der Waals surface area contributed by atoms with E-state index < -0.39 is 5.97 Å². The number of carboxylic acid groups (broad SMARTS) is 1. The Morgan fingerprint density at radius 1 is 1.20 bits per heavy atom. The first-order valence-corrected chi connectivity index (χ1v) is 8.28. The van der Waals surface area contributed by atoms with Crippen molar-refractivity contribution < 1.29 is 14.6 Å². The second-order valence-corrected chi connectivity index (χ2v) is 6.27. The Morgan fingerprint density at radius 3 is 2.55 bits per heavy atom. The Bertz CT molecular complexity index is 300. The minimum Gasteiger partial charge on any atom is -0.481 e. The highest BCUT2D eigenvalue weighted by Crippen LogP contribution is 2.32. The molecule has 0 aromatic heterocycles. The number of hydrogen-bond donors (Lipinski definition) is 1. The average Bonchev–Trinajstić information content (AvgIpc) is 2.47. The molecule has 2 fully saturated rings. The lowest BCUT2D eigenvalue weighted by molar-refractivity contribution is -0.139. The Hall–Kier alpha value is -0.610. The third-order valence-corrected chi connectivity index (χ3v) is 5.01. The first-order chi connectivity index (χ1) is 9.70. The van der Waals surface area contributed by atoms with Crippen LogP contribution < -0.4 is 0 Å². The maximum absolute atomic E-state index is 10.5. The van der Waals surface area contributed by atoms with Crippen LogP contribution in [0.3, 0.4) is 0 Å². The molecule has 2 unspecified atom stereocenters. The van der Waals surface area contributed by atoms with Crippen LogP contribution >= 0.6 is 0 Å². The van der Waals surface area contributed by atoms with E-state index in [2.05, 4.69) is 11.8 Å². The second kappa shape index (κ2) is 7.99. The molecule has 20 heavy (non-hydrogen) atoms. The summed E-state index contributed by atoms with van der Waals surface area (Å²) in [4.78, 5) is 13.2. The van der Waals surface area contributed by atoms with E-state index in [4.69, 9.17) is 9.84 Å². The minimum atomic E-state index is -0.768. The zero-order chi connectivity index (χ0) is 14.4. The molecular weight excluding hydrogens is 254 g/mol. The summed E-state index contributed by atoms with van der Waals surface area (Å²) in [7, 11) is 0. The Balaban J connectivity index is 1.71. The lowest BCUT2D eigenvalue weighted by atomic mass is 9.81. The van der Waals surface area contributed by atoms with Crippen LogP contribution in [-0.2, 0) is 9.53 Å². The molecule has 0 radical (unpaired) electrons. The van der Waals surface area contributed by atoms with Crippen molar-refractivity contribution in [2.24, 2.45) is 5.92 Å². The van der Waals surface area contributed by atoms with Crippen molar-refractivity contribution in [3.05, 3.63) is 0 Å². The molecule has 1 aliphatic carbocycles. The number of hydrogen-bond acceptors (Lipinski definition) is 3. The Labute approximate surface area is 122 Å². The minimum absolute atomic E-state index is 0.126. The standard InChI is InChI=1S/C16H29NO3/c1-2-13-5-3-4-6-15(13)17-10-7-14(8-11-17)20-12-9-16(18)19/h13-15H,2-12H2,1H3,(H,18,19). The van der Waals surface area contributed by atoms with Gasteiger partial charge in [-0.05, 0) is 31.6 Å². The summed E-state index contributed by atoms with van der Waals surface area (Å²) in [6.07, 6.45) is 9.38. The molecule has 0 bridgehead atoms. The van der Waals surface area contributed by atoms with Crippen LogP contribution in [0.4, 0.5) is 0 Å². The van der Waals surface area contributed by atoms with E-state index in [9.17, 15) is 4.79 Å². The van der Waals surface area contributed by atoms with Gasteiger partial charge in [0.1, 0.15) is 0 Å². The van der Waals surface area contributed by atoms with Gasteiger partial charge in [0.2, 0.25) is 0 Å². The van der Waals surface area contributed by atoms with Crippen molar-refractivity contribution in [2.45, 2.75) is 70.4 Å². The van der Waals surface area contributed by atoms with Gasteiger partial charge in [0.25, 0.3) is 0 Å². The van der Waals surface area contributed by atoms with E-state index >= 15 is 0 Å². The number of rotatable bonds is 6. The summed E-state index contributed by atoms with van der Waals surface area (Å²) in [5, 5.41) is 8.62. The summed E-state index contributed by atoms with van der Waals surface area (Å²) in [6.45, 7) is 4.93. The van der Waals surface area contributed by atoms with Gasteiger partial charge in [-0.3, -0.25) is 9.69 Å². The second-order valence-electron chi connectivity index (χ2n) is 6.27. The molecule has 1 heterocycles. The fourth-order valence-corrected chi connectivity index (χ4v) is 3.83. The number of likely N-dealkylation sites (tertiary alicyclic amines) is 1. The van der Waals surface area contributed by atoms with E-state index in [1.807, 2.05) is 0 Å². The molecule has 0 aromatic carbocycles. The van der Waals surface area contributed by atoms with E-state index in [0.29, 0.717) is 6.61 Å². The quantitative estimate of drug-likeness (QED) is 0.814. The fourth-order valence-electron chi connectivity index (χ4n) is 3.83. The van der Waals surface area contributed by atoms with Crippen molar-refractivity contribution in [1.82, 2.24) is 4.90 Å². The van der Waals surface area contributed by atoms with Crippen LogP contribution in [0.1, 0.15) is 58.3 Å². The molecule has 1 aliphatic heterocycles. The van der Waals surface area contributed by atoms with Crippen molar-refractivity contribution >= 4 is 5.97 Å². The lowest BCUT2D eigenvalue weighted by Crippen LogP contribution is -2.47. The van der Waals surface area contributed by atoms with Gasteiger partial charge in [0, 0.05) is 19.1 Å². The molecule has 0 aromatic rings. The van der Waals surface area contributed by atoms with Gasteiger partial charge in [0.05, 0.1) is 19.1 Å². The number of piperidine rings is 1. The monoisotopic (exact) mass is 283 g/mol. The van der Waals surface area contributed by atoms with Gasteiger partial charge in [-0.25, -0.2) is 0 Å². The van der Waals surface area contributed by atoms with Crippen LogP contribution in [0.25, 0.3) is 0 Å². The molecular formula is C16H29NO3. The van der Waals surface area contributed by atoms with Gasteiger partial charge in [-0.1, -0.05) is 26.2 Å². The van der Waals surface area contributed by atoms with Crippen LogP contribution in [0.2, 0.25) is 0 Å². The summed E-state index contributed by atoms with van der Waals surface area (Å²) in [6, 6.07) is 0.786. The SMILES string of the molecule is CCC1CCCCC1N1CCC(OCCC(=O)O)CC1. The number of carboxylic acids is 1. The van der Waals surface area contributed by atoms with Gasteiger partial charge in [0.15, 0.2) is 0 Å². The summed E-state index contributed by atoms with van der Waals surface area (Å²) in [5.74, 6) is 0.114. The summed E-state index contributed by atoms with van der Waals surface area (Å²) >= 11 is 0. The smallest absolute Gasteiger partial charge is 0.305 e. The van der Waals surface area contributed by atoms with Gasteiger partial charge < -0.3 is 9.84 Å². The molecule has 116 valence electrons. The van der Waals surface area contributed by atoms with E-state index in [1.54, 1.807) is 0 Å².